The number of rotatable bonds is 5. The number of carbonyl (C=O) groups is 1. The summed E-state index contributed by atoms with van der Waals surface area (Å²) in [5.74, 6) is 0.778. The highest BCUT2D eigenvalue weighted by Gasteiger charge is 2.16. The number of hydrogen-bond acceptors (Lipinski definition) is 3. The van der Waals surface area contributed by atoms with Gasteiger partial charge < -0.3 is 14.6 Å². The van der Waals surface area contributed by atoms with Crippen molar-refractivity contribution in [1.82, 2.24) is 14.9 Å². The molecule has 0 bridgehead atoms. The lowest BCUT2D eigenvalue weighted by molar-refractivity contribution is 0.0798. The van der Waals surface area contributed by atoms with Crippen LogP contribution in [0.25, 0.3) is 10.9 Å². The number of nitrogens with zero attached hydrogens (tertiary/aromatic N) is 2. The molecule has 5 heteroatoms. The van der Waals surface area contributed by atoms with E-state index in [4.69, 9.17) is 4.74 Å². The second-order valence-corrected chi connectivity index (χ2v) is 5.45. The summed E-state index contributed by atoms with van der Waals surface area (Å²) in [6, 6.07) is 9.61. The molecule has 1 N–H and O–H groups in total. The van der Waals surface area contributed by atoms with Crippen LogP contribution in [0.2, 0.25) is 0 Å². The number of carbonyl (C=O) groups excluding carboxylic acids is 1. The van der Waals surface area contributed by atoms with Crippen molar-refractivity contribution in [1.29, 1.82) is 0 Å². The maximum absolute atomic E-state index is 12.7. The standard InChI is InChI=1S/C18H19N3O2/c1-21(10-7-13-5-8-19-9-6-13)18(22)16-12-20-17-11-14(23-2)3-4-15(16)17/h3-6,8-9,11-12,20H,7,10H2,1-2H3. The monoisotopic (exact) mass is 309 g/mol. The minimum atomic E-state index is 0.00970. The molecule has 0 spiro atoms. The summed E-state index contributed by atoms with van der Waals surface area (Å²) in [5, 5.41) is 0.909. The Hall–Kier alpha value is -2.82. The molecule has 0 saturated carbocycles. The van der Waals surface area contributed by atoms with E-state index in [2.05, 4.69) is 9.97 Å². The number of ether oxygens (including phenoxy) is 1. The molecule has 3 aromatic rings. The van der Waals surface area contributed by atoms with Gasteiger partial charge in [-0.05, 0) is 36.2 Å². The van der Waals surface area contributed by atoms with Gasteiger partial charge in [0.15, 0.2) is 0 Å². The molecule has 0 aliphatic carbocycles. The summed E-state index contributed by atoms with van der Waals surface area (Å²) < 4.78 is 5.21. The maximum atomic E-state index is 12.7. The van der Waals surface area contributed by atoms with Crippen LogP contribution < -0.4 is 4.74 Å². The van der Waals surface area contributed by atoms with E-state index < -0.39 is 0 Å². The summed E-state index contributed by atoms with van der Waals surface area (Å²) in [6.45, 7) is 0.658. The SMILES string of the molecule is COc1ccc2c(C(=O)N(C)CCc3ccncc3)c[nH]c2c1. The number of aromatic nitrogens is 2. The van der Waals surface area contributed by atoms with E-state index in [1.807, 2.05) is 37.4 Å². The first kappa shape index (κ1) is 15.1. The van der Waals surface area contributed by atoms with Crippen molar-refractivity contribution in [2.24, 2.45) is 0 Å². The Bertz CT molecular complexity index is 812. The molecule has 0 aliphatic rings. The van der Waals surface area contributed by atoms with E-state index in [1.54, 1.807) is 30.6 Å². The van der Waals surface area contributed by atoms with Crippen molar-refractivity contribution in [3.63, 3.8) is 0 Å². The largest absolute Gasteiger partial charge is 0.497 e. The first-order valence-corrected chi connectivity index (χ1v) is 7.48. The van der Waals surface area contributed by atoms with Crippen LogP contribution in [-0.4, -0.2) is 41.5 Å². The van der Waals surface area contributed by atoms with Crippen LogP contribution in [-0.2, 0) is 6.42 Å². The minimum Gasteiger partial charge on any atom is -0.497 e. The van der Waals surface area contributed by atoms with Crippen LogP contribution in [0, 0.1) is 0 Å². The molecule has 0 saturated heterocycles. The van der Waals surface area contributed by atoms with Crippen molar-refractivity contribution in [2.75, 3.05) is 20.7 Å². The molecule has 0 fully saturated rings. The summed E-state index contributed by atoms with van der Waals surface area (Å²) in [7, 11) is 3.45. The first-order chi connectivity index (χ1) is 11.2. The number of methoxy groups -OCH3 is 1. The van der Waals surface area contributed by atoms with Crippen LogP contribution >= 0.6 is 0 Å². The fourth-order valence-electron chi connectivity index (χ4n) is 2.56. The Labute approximate surface area is 134 Å². The number of nitrogens with one attached hydrogen (secondary N) is 1. The van der Waals surface area contributed by atoms with E-state index in [1.165, 1.54) is 5.56 Å². The molecule has 23 heavy (non-hydrogen) atoms. The fourth-order valence-corrected chi connectivity index (χ4v) is 2.56. The van der Waals surface area contributed by atoms with Crippen molar-refractivity contribution < 1.29 is 9.53 Å². The van der Waals surface area contributed by atoms with Crippen molar-refractivity contribution in [2.45, 2.75) is 6.42 Å². The van der Waals surface area contributed by atoms with Gasteiger partial charge in [0, 0.05) is 49.2 Å². The van der Waals surface area contributed by atoms with Gasteiger partial charge in [-0.2, -0.15) is 0 Å². The normalized spacial score (nSPS) is 10.7. The van der Waals surface area contributed by atoms with Gasteiger partial charge in [-0.15, -0.1) is 0 Å². The number of hydrogen-bond donors (Lipinski definition) is 1. The number of likely N-dealkylation sites (N-methyl/N-ethyl adjacent to an activating group) is 1. The molecular formula is C18H19N3O2. The molecule has 118 valence electrons. The average molecular weight is 309 g/mol. The highest BCUT2D eigenvalue weighted by molar-refractivity contribution is 6.06. The number of aromatic amines is 1. The summed E-state index contributed by atoms with van der Waals surface area (Å²) in [5.41, 5.74) is 2.75. The molecule has 2 aromatic heterocycles. The van der Waals surface area contributed by atoms with Crippen molar-refractivity contribution >= 4 is 16.8 Å². The van der Waals surface area contributed by atoms with Gasteiger partial charge in [0.25, 0.3) is 5.91 Å². The summed E-state index contributed by atoms with van der Waals surface area (Å²) in [6.07, 6.45) is 6.10. The second kappa shape index (κ2) is 6.52. The lowest BCUT2D eigenvalue weighted by atomic mass is 10.1. The molecule has 1 aromatic carbocycles. The molecule has 0 atom stereocenters. The predicted molar refractivity (Wildman–Crippen MR) is 89.8 cm³/mol. The van der Waals surface area contributed by atoms with Crippen LogP contribution in [0.4, 0.5) is 0 Å². The third-order valence-electron chi connectivity index (χ3n) is 3.95. The van der Waals surface area contributed by atoms with Crippen molar-refractivity contribution in [3.05, 3.63) is 60.0 Å². The Kier molecular flexibility index (Phi) is 4.28. The molecule has 2 heterocycles. The smallest absolute Gasteiger partial charge is 0.255 e. The number of benzene rings is 1. The highest BCUT2D eigenvalue weighted by atomic mass is 16.5. The number of H-pyrrole nitrogens is 1. The third kappa shape index (κ3) is 3.18. The van der Waals surface area contributed by atoms with E-state index >= 15 is 0 Å². The summed E-state index contributed by atoms with van der Waals surface area (Å²) >= 11 is 0. The molecule has 3 rings (SSSR count). The van der Waals surface area contributed by atoms with Gasteiger partial charge in [0.05, 0.1) is 12.7 Å². The van der Waals surface area contributed by atoms with E-state index in [-0.39, 0.29) is 5.91 Å². The summed E-state index contributed by atoms with van der Waals surface area (Å²) in [4.78, 5) is 21.5. The molecule has 5 nitrogen and oxygen atoms in total. The number of amides is 1. The average Bonchev–Trinajstić information content (AvgIpc) is 3.02. The Balaban J connectivity index is 1.74. The van der Waals surface area contributed by atoms with Gasteiger partial charge >= 0.3 is 0 Å². The molecule has 0 unspecified atom stereocenters. The van der Waals surface area contributed by atoms with E-state index in [0.29, 0.717) is 12.1 Å². The zero-order chi connectivity index (χ0) is 16.2. The van der Waals surface area contributed by atoms with E-state index in [0.717, 1.165) is 23.1 Å². The molecular weight excluding hydrogens is 290 g/mol. The lowest BCUT2D eigenvalue weighted by Crippen LogP contribution is -2.28. The topological polar surface area (TPSA) is 58.2 Å². The van der Waals surface area contributed by atoms with E-state index in [9.17, 15) is 4.79 Å². The zero-order valence-corrected chi connectivity index (χ0v) is 13.2. The fraction of sp³-hybridized carbons (Fsp3) is 0.222. The van der Waals surface area contributed by atoms with Gasteiger partial charge in [-0.3, -0.25) is 9.78 Å². The molecule has 0 aliphatic heterocycles. The van der Waals surface area contributed by atoms with Gasteiger partial charge in [-0.1, -0.05) is 0 Å². The van der Waals surface area contributed by atoms with Crippen LogP contribution in [0.1, 0.15) is 15.9 Å². The van der Waals surface area contributed by atoms with Crippen LogP contribution in [0.3, 0.4) is 0 Å². The van der Waals surface area contributed by atoms with Gasteiger partial charge in [0.2, 0.25) is 0 Å². The zero-order valence-electron chi connectivity index (χ0n) is 13.2. The number of fused-ring (bicyclic) bond motifs is 1. The van der Waals surface area contributed by atoms with Gasteiger partial charge in [0.1, 0.15) is 5.75 Å². The molecule has 0 radical (unpaired) electrons. The molecule has 1 amide bonds. The lowest BCUT2D eigenvalue weighted by Gasteiger charge is -2.16. The predicted octanol–water partition coefficient (Wildman–Crippen LogP) is 2.89. The van der Waals surface area contributed by atoms with Gasteiger partial charge in [-0.25, -0.2) is 0 Å². The Morgan fingerprint density at radius 3 is 2.78 bits per heavy atom. The van der Waals surface area contributed by atoms with Crippen LogP contribution in [0.5, 0.6) is 5.75 Å². The Morgan fingerprint density at radius 1 is 1.26 bits per heavy atom. The second-order valence-electron chi connectivity index (χ2n) is 5.45. The quantitative estimate of drug-likeness (QED) is 0.788. The highest BCUT2D eigenvalue weighted by Crippen LogP contribution is 2.24. The van der Waals surface area contributed by atoms with Crippen LogP contribution in [0.15, 0.2) is 48.9 Å². The third-order valence-corrected chi connectivity index (χ3v) is 3.95. The number of pyridine rings is 1. The maximum Gasteiger partial charge on any atom is 0.255 e. The van der Waals surface area contributed by atoms with Crippen molar-refractivity contribution in [3.8, 4) is 5.75 Å². The minimum absolute atomic E-state index is 0.00970. The Morgan fingerprint density at radius 2 is 2.04 bits per heavy atom. The first-order valence-electron chi connectivity index (χ1n) is 7.48.